The first kappa shape index (κ1) is 12.1. The van der Waals surface area contributed by atoms with Crippen molar-refractivity contribution in [3.8, 4) is 0 Å². The summed E-state index contributed by atoms with van der Waals surface area (Å²) < 4.78 is 10.8. The molecule has 0 amide bonds. The molecule has 2 unspecified atom stereocenters. The summed E-state index contributed by atoms with van der Waals surface area (Å²) in [6.07, 6.45) is 2.77. The van der Waals surface area contributed by atoms with Crippen LogP contribution in [0.15, 0.2) is 0 Å². The third kappa shape index (κ3) is 3.94. The summed E-state index contributed by atoms with van der Waals surface area (Å²) in [6.45, 7) is 0. The van der Waals surface area contributed by atoms with Gasteiger partial charge in [-0.25, -0.2) is 0 Å². The highest BCUT2D eigenvalue weighted by molar-refractivity contribution is 8.41. The van der Waals surface area contributed by atoms with Crippen LogP contribution in [0.25, 0.3) is 0 Å². The Balaban J connectivity index is 2.56. The zero-order chi connectivity index (χ0) is 9.90. The van der Waals surface area contributed by atoms with E-state index in [4.69, 9.17) is 11.8 Å². The molecule has 0 aromatic carbocycles. The van der Waals surface area contributed by atoms with Crippen molar-refractivity contribution in [1.29, 1.82) is 0 Å². The maximum absolute atomic E-state index is 10.8. The maximum Gasteiger partial charge on any atom is 0.510 e. The second-order valence-corrected chi connectivity index (χ2v) is 9.37. The Bertz CT molecular complexity index is 243. The summed E-state index contributed by atoms with van der Waals surface area (Å²) in [5.74, 6) is 0. The van der Waals surface area contributed by atoms with E-state index in [1.165, 1.54) is 6.42 Å². The van der Waals surface area contributed by atoms with Crippen molar-refractivity contribution in [3.05, 3.63) is 0 Å². The normalized spacial score (nSPS) is 25.2. The van der Waals surface area contributed by atoms with Crippen molar-refractivity contribution >= 4 is 37.6 Å². The van der Waals surface area contributed by atoms with Crippen LogP contribution in [0, 0.1) is 0 Å². The summed E-state index contributed by atoms with van der Waals surface area (Å²) in [5.41, 5.74) is 0.141. The number of nitrogens with one attached hydrogen (secondary N) is 1. The van der Waals surface area contributed by atoms with Crippen LogP contribution in [-0.2, 0) is 16.4 Å². The fourth-order valence-corrected chi connectivity index (χ4v) is 7.41. The quantitative estimate of drug-likeness (QED) is 0.538. The number of hydrogen-bond donors (Lipinski definition) is 3. The Hall–Kier alpha value is 1.02. The highest BCUT2D eigenvalue weighted by atomic mass is 32.7. The molecule has 0 aliphatic heterocycles. The van der Waals surface area contributed by atoms with Gasteiger partial charge in [0.25, 0.3) is 0 Å². The first-order chi connectivity index (χ1) is 6.02. The van der Waals surface area contributed by atoms with Gasteiger partial charge in [0.2, 0.25) is 0 Å². The summed E-state index contributed by atoms with van der Waals surface area (Å²) in [5, 5.41) is 0. The molecule has 2 N–H and O–H groups in total. The first-order valence-corrected chi connectivity index (χ1v) is 9.52. The summed E-state index contributed by atoms with van der Waals surface area (Å²) in [4.78, 5) is 12.4. The fourth-order valence-electron chi connectivity index (χ4n) is 1.64. The standard InChI is InChI=1S/C6H13NO2P2S2/c8-10(12)7-11(9,13)6-4-2-1-3-5-6/h6H,1-5H2,(H2-,7,8,9,12,13)/p+1. The van der Waals surface area contributed by atoms with Crippen LogP contribution < -0.4 is 4.86 Å². The van der Waals surface area contributed by atoms with E-state index >= 15 is 0 Å². The molecule has 0 heterocycles. The Morgan fingerprint density at radius 2 is 2.00 bits per heavy atom. The van der Waals surface area contributed by atoms with Gasteiger partial charge in [-0.3, -0.25) is 0 Å². The van der Waals surface area contributed by atoms with Gasteiger partial charge in [0.15, 0.2) is 6.42 Å². The minimum atomic E-state index is -2.60. The Kier molecular flexibility index (Phi) is 4.84. The largest absolute Gasteiger partial charge is 0.510 e. The monoisotopic (exact) mass is 258 g/mol. The van der Waals surface area contributed by atoms with Crippen LogP contribution in [0.5, 0.6) is 0 Å². The van der Waals surface area contributed by atoms with Gasteiger partial charge >= 0.3 is 7.15 Å². The summed E-state index contributed by atoms with van der Waals surface area (Å²) in [6, 6.07) is 0. The Morgan fingerprint density at radius 3 is 2.46 bits per heavy atom. The molecule has 1 aliphatic carbocycles. The van der Waals surface area contributed by atoms with Crippen LogP contribution in [0.1, 0.15) is 32.1 Å². The SMILES string of the molecule is O=[P+](S)NP(O)(=S)C1CCCCC1. The van der Waals surface area contributed by atoms with Crippen molar-refractivity contribution in [3.63, 3.8) is 0 Å². The highest BCUT2D eigenvalue weighted by Crippen LogP contribution is 2.53. The lowest BCUT2D eigenvalue weighted by Gasteiger charge is -2.26. The molecular weight excluding hydrogens is 244 g/mol. The molecule has 1 fully saturated rings. The molecule has 0 aromatic rings. The zero-order valence-corrected chi connectivity index (χ0v) is 10.7. The molecule has 1 saturated carbocycles. The van der Waals surface area contributed by atoms with Crippen LogP contribution in [0.2, 0.25) is 0 Å². The maximum atomic E-state index is 10.8. The molecule has 0 saturated heterocycles. The molecule has 0 radical (unpaired) electrons. The molecule has 2 atom stereocenters. The van der Waals surface area contributed by atoms with Crippen LogP contribution in [0.3, 0.4) is 0 Å². The first-order valence-electron chi connectivity index (χ1n) is 4.29. The highest BCUT2D eigenvalue weighted by Gasteiger charge is 2.33. The molecule has 0 spiro atoms. The van der Waals surface area contributed by atoms with E-state index in [1.807, 2.05) is 0 Å². The minimum Gasteiger partial charge on any atom is -0.351 e. The van der Waals surface area contributed by atoms with E-state index < -0.39 is 13.6 Å². The number of rotatable bonds is 3. The molecule has 7 heteroatoms. The predicted octanol–water partition coefficient (Wildman–Crippen LogP) is 2.80. The molecule has 76 valence electrons. The zero-order valence-electron chi connectivity index (χ0n) is 7.22. The molecule has 1 aliphatic rings. The van der Waals surface area contributed by atoms with Gasteiger partial charge in [0.05, 0.1) is 0 Å². The topological polar surface area (TPSA) is 49.3 Å². The van der Waals surface area contributed by atoms with Crippen molar-refractivity contribution in [2.75, 3.05) is 0 Å². The van der Waals surface area contributed by atoms with E-state index in [0.29, 0.717) is 0 Å². The van der Waals surface area contributed by atoms with E-state index in [0.717, 1.165) is 25.7 Å². The Labute approximate surface area is 89.8 Å². The van der Waals surface area contributed by atoms with Gasteiger partial charge in [-0.15, -0.1) is 0 Å². The molecule has 3 nitrogen and oxygen atoms in total. The van der Waals surface area contributed by atoms with Gasteiger partial charge < -0.3 is 4.89 Å². The molecule has 13 heavy (non-hydrogen) atoms. The number of thiol groups is 1. The third-order valence-corrected chi connectivity index (χ3v) is 8.07. The second-order valence-electron chi connectivity index (χ2n) is 3.29. The average Bonchev–Trinajstić information content (AvgIpc) is 2.04. The fraction of sp³-hybridized carbons (Fsp3) is 1.00. The van der Waals surface area contributed by atoms with Crippen molar-refractivity contribution in [1.82, 2.24) is 4.86 Å². The van der Waals surface area contributed by atoms with Crippen LogP contribution in [-0.4, -0.2) is 10.6 Å². The van der Waals surface area contributed by atoms with Crippen molar-refractivity contribution < 1.29 is 9.46 Å². The second kappa shape index (κ2) is 5.20. The molecule has 0 bridgehead atoms. The minimum absolute atomic E-state index is 0.141. The van der Waals surface area contributed by atoms with Crippen molar-refractivity contribution in [2.45, 2.75) is 37.8 Å². The summed E-state index contributed by atoms with van der Waals surface area (Å²) >= 11 is 8.77. The van der Waals surface area contributed by atoms with E-state index in [2.05, 4.69) is 17.1 Å². The van der Waals surface area contributed by atoms with E-state index in [1.54, 1.807) is 0 Å². The Morgan fingerprint density at radius 1 is 1.46 bits per heavy atom. The van der Waals surface area contributed by atoms with Crippen LogP contribution in [0.4, 0.5) is 0 Å². The van der Waals surface area contributed by atoms with Gasteiger partial charge in [0, 0.05) is 5.66 Å². The lowest BCUT2D eigenvalue weighted by Crippen LogP contribution is -2.18. The number of hydrogen-bond acceptors (Lipinski definition) is 2. The average molecular weight is 258 g/mol. The molecule has 1 rings (SSSR count). The smallest absolute Gasteiger partial charge is 0.351 e. The molecule has 0 aromatic heterocycles. The van der Waals surface area contributed by atoms with Gasteiger partial charge in [0.1, 0.15) is 12.2 Å². The van der Waals surface area contributed by atoms with Gasteiger partial charge in [-0.1, -0.05) is 19.3 Å². The van der Waals surface area contributed by atoms with E-state index in [-0.39, 0.29) is 5.66 Å². The molecular formula is C6H14NO2P2S2+. The van der Waals surface area contributed by atoms with E-state index in [9.17, 15) is 9.46 Å². The lowest BCUT2D eigenvalue weighted by molar-refractivity contribution is 0.480. The predicted molar refractivity (Wildman–Crippen MR) is 63.1 cm³/mol. The van der Waals surface area contributed by atoms with Crippen molar-refractivity contribution in [2.24, 2.45) is 0 Å². The summed E-state index contributed by atoms with van der Waals surface area (Å²) in [7, 11) is -1.82. The van der Waals surface area contributed by atoms with Gasteiger partial charge in [-0.2, -0.15) is 0 Å². The lowest BCUT2D eigenvalue weighted by atomic mass is 10.0. The van der Waals surface area contributed by atoms with Crippen LogP contribution >= 0.6 is 25.8 Å². The third-order valence-electron chi connectivity index (χ3n) is 2.30. The van der Waals surface area contributed by atoms with Gasteiger partial charge in [-0.05, 0) is 34.1 Å².